The van der Waals surface area contributed by atoms with Crippen LogP contribution in [0.5, 0.6) is 0 Å². The molecule has 7 heteroatoms. The molecule has 0 bridgehead atoms. The van der Waals surface area contributed by atoms with E-state index in [1.807, 2.05) is 41.0 Å². The van der Waals surface area contributed by atoms with Gasteiger partial charge in [0.05, 0.1) is 29.3 Å². The number of benzene rings is 1. The van der Waals surface area contributed by atoms with E-state index < -0.39 is 5.54 Å². The monoisotopic (exact) mass is 433 g/mol. The number of anilines is 2. The summed E-state index contributed by atoms with van der Waals surface area (Å²) in [6, 6.07) is 8.13. The van der Waals surface area contributed by atoms with E-state index in [-0.39, 0.29) is 17.9 Å². The van der Waals surface area contributed by atoms with E-state index in [9.17, 15) is 9.59 Å². The van der Waals surface area contributed by atoms with E-state index in [4.69, 9.17) is 0 Å². The van der Waals surface area contributed by atoms with Gasteiger partial charge in [-0.1, -0.05) is 13.0 Å². The van der Waals surface area contributed by atoms with Gasteiger partial charge in [0.25, 0.3) is 5.91 Å². The molecule has 0 aliphatic carbocycles. The van der Waals surface area contributed by atoms with Crippen molar-refractivity contribution < 1.29 is 9.59 Å². The molecule has 168 valence electrons. The Bertz CT molecular complexity index is 1050. The number of amides is 2. The van der Waals surface area contributed by atoms with Crippen LogP contribution in [0.4, 0.5) is 11.4 Å². The highest BCUT2D eigenvalue weighted by Gasteiger charge is 2.44. The molecular formula is C25H31N5O2. The minimum Gasteiger partial charge on any atom is -0.381 e. The number of pyridine rings is 1. The number of fused-ring (bicyclic) bond motifs is 1. The zero-order valence-corrected chi connectivity index (χ0v) is 19.3. The molecular weight excluding hydrogens is 402 g/mol. The van der Waals surface area contributed by atoms with E-state index in [0.717, 1.165) is 54.0 Å². The summed E-state index contributed by atoms with van der Waals surface area (Å²) in [6.07, 6.45) is 7.69. The predicted molar refractivity (Wildman–Crippen MR) is 128 cm³/mol. The Labute approximate surface area is 189 Å². The lowest BCUT2D eigenvalue weighted by Crippen LogP contribution is -2.42. The van der Waals surface area contributed by atoms with Crippen molar-refractivity contribution in [3.8, 4) is 0 Å². The highest BCUT2D eigenvalue weighted by molar-refractivity contribution is 6.12. The largest absolute Gasteiger partial charge is 0.381 e. The average Bonchev–Trinajstić information content (AvgIpc) is 2.99. The summed E-state index contributed by atoms with van der Waals surface area (Å²) < 4.78 is 0. The van der Waals surface area contributed by atoms with Gasteiger partial charge in [0.1, 0.15) is 0 Å². The Hall–Kier alpha value is -3.22. The smallest absolute Gasteiger partial charge is 0.259 e. The molecule has 32 heavy (non-hydrogen) atoms. The third kappa shape index (κ3) is 3.99. The van der Waals surface area contributed by atoms with Gasteiger partial charge in [0, 0.05) is 44.4 Å². The van der Waals surface area contributed by atoms with Crippen molar-refractivity contribution in [1.29, 1.82) is 0 Å². The molecule has 2 aliphatic rings. The number of likely N-dealkylation sites (tertiary alicyclic amines) is 1. The number of carbonyl (C=O) groups is 2. The Morgan fingerprint density at radius 3 is 2.69 bits per heavy atom. The molecule has 2 aliphatic heterocycles. The molecule has 7 nitrogen and oxygen atoms in total. The van der Waals surface area contributed by atoms with E-state index in [1.54, 1.807) is 25.7 Å². The van der Waals surface area contributed by atoms with Gasteiger partial charge in [-0.3, -0.25) is 24.5 Å². The molecule has 0 unspecified atom stereocenters. The van der Waals surface area contributed by atoms with Crippen LogP contribution < -0.4 is 10.2 Å². The molecule has 1 saturated heterocycles. The Kier molecular flexibility index (Phi) is 6.00. The van der Waals surface area contributed by atoms with Crippen LogP contribution in [0.2, 0.25) is 0 Å². The van der Waals surface area contributed by atoms with Gasteiger partial charge in [-0.25, -0.2) is 0 Å². The van der Waals surface area contributed by atoms with Gasteiger partial charge in [-0.05, 0) is 56.0 Å². The zero-order chi connectivity index (χ0) is 22.9. The molecule has 0 saturated carbocycles. The number of hydrogen-bond donors (Lipinski definition) is 1. The fourth-order valence-electron chi connectivity index (χ4n) is 4.78. The molecule has 3 heterocycles. The van der Waals surface area contributed by atoms with Crippen LogP contribution in [0.25, 0.3) is 0 Å². The summed E-state index contributed by atoms with van der Waals surface area (Å²) in [7, 11) is 1.74. The van der Waals surface area contributed by atoms with Crippen molar-refractivity contribution in [3.05, 3.63) is 53.3 Å². The first-order valence-corrected chi connectivity index (χ1v) is 11.3. The zero-order valence-electron chi connectivity index (χ0n) is 19.3. The molecule has 1 aromatic heterocycles. The summed E-state index contributed by atoms with van der Waals surface area (Å²) in [5.74, 6) is 0.199. The first-order valence-electron chi connectivity index (χ1n) is 11.3. The van der Waals surface area contributed by atoms with Gasteiger partial charge < -0.3 is 10.2 Å². The second kappa shape index (κ2) is 8.73. The lowest BCUT2D eigenvalue weighted by atomic mass is 9.92. The Morgan fingerprint density at radius 2 is 2.00 bits per heavy atom. The summed E-state index contributed by atoms with van der Waals surface area (Å²) in [4.78, 5) is 37.5. The van der Waals surface area contributed by atoms with Gasteiger partial charge in [-0.2, -0.15) is 0 Å². The lowest BCUT2D eigenvalue weighted by molar-refractivity contribution is -0.131. The first kappa shape index (κ1) is 22.0. The lowest BCUT2D eigenvalue weighted by Gasteiger charge is -2.34. The van der Waals surface area contributed by atoms with Crippen LogP contribution in [0.3, 0.4) is 0 Å². The van der Waals surface area contributed by atoms with Crippen LogP contribution in [-0.4, -0.2) is 54.1 Å². The molecule has 0 radical (unpaired) electrons. The number of rotatable bonds is 5. The van der Waals surface area contributed by atoms with Crippen molar-refractivity contribution >= 4 is 29.4 Å². The number of nitrogens with one attached hydrogen (secondary N) is 1. The van der Waals surface area contributed by atoms with Crippen molar-refractivity contribution in [2.75, 3.05) is 30.4 Å². The van der Waals surface area contributed by atoms with Crippen molar-refractivity contribution in [2.24, 2.45) is 4.99 Å². The SMILES string of the molecule is CCC(=O)N1CCC(Nc2cncc(N3C(=O)c4ccc(/C=N/C)cc4C3(C)C)c2)CC1. The number of aliphatic imine (C=N–C) groups is 1. The minimum absolute atomic E-state index is 0.0182. The third-order valence-electron chi connectivity index (χ3n) is 6.48. The maximum absolute atomic E-state index is 13.3. The first-order chi connectivity index (χ1) is 15.3. The molecule has 0 atom stereocenters. The number of piperidine rings is 1. The standard InChI is InChI=1S/C25H31N5O2/c1-5-23(31)29-10-8-18(9-11-29)28-19-13-20(16-27-15-19)30-24(32)21-7-6-17(14-26-4)12-22(21)25(30,2)3/h6-7,12-16,18,28H,5,8-11H2,1-4H3/b26-14+. The van der Waals surface area contributed by atoms with Gasteiger partial charge in [0.2, 0.25) is 5.91 Å². The van der Waals surface area contributed by atoms with Crippen molar-refractivity contribution in [2.45, 2.75) is 51.6 Å². The number of aromatic nitrogens is 1. The summed E-state index contributed by atoms with van der Waals surface area (Å²) >= 11 is 0. The fourth-order valence-corrected chi connectivity index (χ4v) is 4.78. The Morgan fingerprint density at radius 1 is 1.25 bits per heavy atom. The minimum atomic E-state index is -0.504. The fraction of sp³-hybridized carbons (Fsp3) is 0.440. The normalized spacial score (nSPS) is 18.3. The van der Waals surface area contributed by atoms with E-state index in [1.165, 1.54) is 0 Å². The molecule has 1 aromatic carbocycles. The molecule has 4 rings (SSSR count). The van der Waals surface area contributed by atoms with E-state index in [0.29, 0.717) is 6.42 Å². The maximum atomic E-state index is 13.3. The quantitative estimate of drug-likeness (QED) is 0.727. The molecule has 2 amide bonds. The summed E-state index contributed by atoms with van der Waals surface area (Å²) in [5.41, 5.74) is 3.85. The predicted octanol–water partition coefficient (Wildman–Crippen LogP) is 3.84. The maximum Gasteiger partial charge on any atom is 0.259 e. The highest BCUT2D eigenvalue weighted by Crippen LogP contribution is 2.42. The van der Waals surface area contributed by atoms with E-state index >= 15 is 0 Å². The third-order valence-corrected chi connectivity index (χ3v) is 6.48. The van der Waals surface area contributed by atoms with Crippen LogP contribution >= 0.6 is 0 Å². The molecule has 0 spiro atoms. The summed E-state index contributed by atoms with van der Waals surface area (Å²) in [5, 5.41) is 3.56. The number of hydrogen-bond acceptors (Lipinski definition) is 5. The second-order valence-electron chi connectivity index (χ2n) is 8.98. The highest BCUT2D eigenvalue weighted by atomic mass is 16.2. The summed E-state index contributed by atoms with van der Waals surface area (Å²) in [6.45, 7) is 7.57. The molecule has 1 N–H and O–H groups in total. The van der Waals surface area contributed by atoms with Crippen LogP contribution in [0.15, 0.2) is 41.7 Å². The van der Waals surface area contributed by atoms with Crippen molar-refractivity contribution in [3.63, 3.8) is 0 Å². The van der Waals surface area contributed by atoms with Gasteiger partial charge in [-0.15, -0.1) is 0 Å². The molecule has 2 aromatic rings. The number of carbonyl (C=O) groups excluding carboxylic acids is 2. The Balaban J connectivity index is 1.53. The average molecular weight is 434 g/mol. The van der Waals surface area contributed by atoms with Gasteiger partial charge >= 0.3 is 0 Å². The van der Waals surface area contributed by atoms with Crippen LogP contribution in [-0.2, 0) is 10.3 Å². The van der Waals surface area contributed by atoms with E-state index in [2.05, 4.69) is 29.1 Å². The van der Waals surface area contributed by atoms with Crippen LogP contribution in [0.1, 0.15) is 61.5 Å². The topological polar surface area (TPSA) is 77.9 Å². The number of nitrogens with zero attached hydrogens (tertiary/aromatic N) is 4. The van der Waals surface area contributed by atoms with Crippen LogP contribution in [0, 0.1) is 0 Å². The van der Waals surface area contributed by atoms with Crippen molar-refractivity contribution in [1.82, 2.24) is 9.88 Å². The molecule has 1 fully saturated rings. The second-order valence-corrected chi connectivity index (χ2v) is 8.98. The van der Waals surface area contributed by atoms with Gasteiger partial charge in [0.15, 0.2) is 0 Å².